The molecule has 0 fully saturated rings. The number of hydrogen-bond acceptors (Lipinski definition) is 5. The van der Waals surface area contributed by atoms with Gasteiger partial charge in [-0.05, 0) is 9.91 Å². The van der Waals surface area contributed by atoms with Gasteiger partial charge in [0.1, 0.15) is 5.75 Å². The second kappa shape index (κ2) is 4.17. The number of nitrogens with two attached hydrogens (primary N) is 1. The lowest BCUT2D eigenvalue weighted by atomic mass is 10.7. The van der Waals surface area contributed by atoms with Crippen molar-refractivity contribution in [1.29, 1.82) is 0 Å². The van der Waals surface area contributed by atoms with Gasteiger partial charge in [-0.3, -0.25) is 9.00 Å². The van der Waals surface area contributed by atoms with E-state index in [0.29, 0.717) is 0 Å². The van der Waals surface area contributed by atoms with Crippen molar-refractivity contribution in [3.63, 3.8) is 0 Å². The molecule has 0 aliphatic heterocycles. The third kappa shape index (κ3) is 2.37. The Morgan fingerprint density at radius 3 is 2.87 bits per heavy atom. The zero-order chi connectivity index (χ0) is 11.6. The van der Waals surface area contributed by atoms with Gasteiger partial charge in [-0.1, -0.05) is 0 Å². The largest absolute Gasteiger partial charge is 0.398 e. The monoisotopic (exact) mass is 232 g/mol. The van der Waals surface area contributed by atoms with Crippen LogP contribution in [0.25, 0.3) is 0 Å². The molecule has 82 valence electrons. The van der Waals surface area contributed by atoms with Crippen LogP contribution in [0, 0.1) is 10.1 Å². The van der Waals surface area contributed by atoms with Crippen LogP contribution >= 0.6 is 0 Å². The normalized spacial score (nSPS) is 12.3. The van der Waals surface area contributed by atoms with Crippen LogP contribution in [0.2, 0.25) is 0 Å². The molecule has 0 aromatic carbocycles. The first-order valence-electron chi connectivity index (χ1n) is 3.76. The maximum atomic E-state index is 11.5. The molecule has 1 amide bonds. The maximum Gasteiger partial charge on any atom is 0.398 e. The van der Waals surface area contributed by atoms with Crippen molar-refractivity contribution in [3.05, 3.63) is 16.4 Å². The SMILES string of the molecule is Cn1cnc([N+](=O)[O-])c1[S@](=O)CC(N)=O. The molecule has 0 radical (unpaired) electrons. The van der Waals surface area contributed by atoms with Crippen molar-refractivity contribution < 1.29 is 13.9 Å². The van der Waals surface area contributed by atoms with Gasteiger partial charge in [0.25, 0.3) is 0 Å². The summed E-state index contributed by atoms with van der Waals surface area (Å²) in [6.45, 7) is 0. The zero-order valence-corrected chi connectivity index (χ0v) is 8.56. The van der Waals surface area contributed by atoms with Crippen molar-refractivity contribution in [3.8, 4) is 0 Å². The number of aromatic nitrogens is 2. The van der Waals surface area contributed by atoms with Crippen LogP contribution < -0.4 is 5.73 Å². The zero-order valence-electron chi connectivity index (χ0n) is 7.74. The molecule has 1 aromatic heterocycles. The summed E-state index contributed by atoms with van der Waals surface area (Å²) in [5.41, 5.74) is 4.84. The highest BCUT2D eigenvalue weighted by Crippen LogP contribution is 2.19. The van der Waals surface area contributed by atoms with Gasteiger partial charge >= 0.3 is 5.82 Å². The number of hydrogen-bond donors (Lipinski definition) is 1. The Balaban J connectivity index is 3.12. The average Bonchev–Trinajstić information content (AvgIpc) is 2.45. The lowest BCUT2D eigenvalue weighted by molar-refractivity contribution is -0.392. The minimum atomic E-state index is -1.84. The second-order valence-electron chi connectivity index (χ2n) is 2.70. The molecule has 0 unspecified atom stereocenters. The highest BCUT2D eigenvalue weighted by Gasteiger charge is 2.25. The van der Waals surface area contributed by atoms with Crippen LogP contribution in [0.1, 0.15) is 0 Å². The first-order valence-corrected chi connectivity index (χ1v) is 5.07. The number of aryl methyl sites for hydroxylation is 1. The van der Waals surface area contributed by atoms with E-state index >= 15 is 0 Å². The van der Waals surface area contributed by atoms with E-state index in [1.165, 1.54) is 11.6 Å². The van der Waals surface area contributed by atoms with Gasteiger partial charge in [-0.15, -0.1) is 0 Å². The minimum absolute atomic E-state index is 0.112. The van der Waals surface area contributed by atoms with E-state index in [1.807, 2.05) is 0 Å². The predicted molar refractivity (Wildman–Crippen MR) is 50.3 cm³/mol. The van der Waals surface area contributed by atoms with Crippen LogP contribution in [0.5, 0.6) is 0 Å². The summed E-state index contributed by atoms with van der Waals surface area (Å²) < 4.78 is 12.7. The molecule has 2 N–H and O–H groups in total. The third-order valence-electron chi connectivity index (χ3n) is 1.53. The molecule has 0 aliphatic rings. The molecule has 1 heterocycles. The summed E-state index contributed by atoms with van der Waals surface area (Å²) in [4.78, 5) is 23.7. The van der Waals surface area contributed by atoms with E-state index in [2.05, 4.69) is 4.98 Å². The van der Waals surface area contributed by atoms with Crippen LogP contribution in [0.3, 0.4) is 0 Å². The van der Waals surface area contributed by atoms with Crippen molar-refractivity contribution >= 4 is 22.5 Å². The lowest BCUT2D eigenvalue weighted by Crippen LogP contribution is -2.20. The number of nitrogens with zero attached hydrogens (tertiary/aromatic N) is 3. The Hall–Kier alpha value is -1.77. The first-order chi connectivity index (χ1) is 6.93. The van der Waals surface area contributed by atoms with Gasteiger partial charge in [0.15, 0.2) is 0 Å². The average molecular weight is 232 g/mol. The maximum absolute atomic E-state index is 11.5. The highest BCUT2D eigenvalue weighted by atomic mass is 32.2. The number of rotatable bonds is 4. The summed E-state index contributed by atoms with van der Waals surface area (Å²) >= 11 is 0. The fourth-order valence-corrected chi connectivity index (χ4v) is 2.09. The molecule has 0 saturated heterocycles. The fraction of sp³-hybridized carbons (Fsp3) is 0.333. The Kier molecular flexibility index (Phi) is 3.14. The molecule has 8 nitrogen and oxygen atoms in total. The topological polar surface area (TPSA) is 121 Å². The molecule has 1 atom stereocenters. The van der Waals surface area contributed by atoms with Crippen molar-refractivity contribution in [2.45, 2.75) is 5.03 Å². The van der Waals surface area contributed by atoms with Gasteiger partial charge in [0.2, 0.25) is 17.3 Å². The molecule has 9 heteroatoms. The van der Waals surface area contributed by atoms with Crippen LogP contribution in [0.4, 0.5) is 5.82 Å². The minimum Gasteiger partial charge on any atom is -0.369 e. The van der Waals surface area contributed by atoms with E-state index in [1.54, 1.807) is 0 Å². The molecule has 0 bridgehead atoms. The Morgan fingerprint density at radius 1 is 1.80 bits per heavy atom. The number of primary amides is 1. The van der Waals surface area contributed by atoms with Crippen molar-refractivity contribution in [2.75, 3.05) is 5.75 Å². The molecular formula is C6H8N4O4S. The Bertz CT molecular complexity index is 440. The number of carbonyl (C=O) groups excluding carboxylic acids is 1. The van der Waals surface area contributed by atoms with Gasteiger partial charge in [0.05, 0.1) is 10.8 Å². The van der Waals surface area contributed by atoms with Crippen LogP contribution in [0.15, 0.2) is 11.4 Å². The molecule has 15 heavy (non-hydrogen) atoms. The lowest BCUT2D eigenvalue weighted by Gasteiger charge is -1.99. The summed E-state index contributed by atoms with van der Waals surface area (Å²) in [6, 6.07) is 0. The Morgan fingerprint density at radius 2 is 2.40 bits per heavy atom. The molecular weight excluding hydrogens is 224 g/mol. The standard InChI is InChI=1S/C6H8N4O4S/c1-9-3-8-5(10(12)13)6(9)15(14)2-4(7)11/h3H,2H2,1H3,(H2,7,11)/t15-/m1/s1. The van der Waals surface area contributed by atoms with Crippen LogP contribution in [-0.2, 0) is 22.6 Å². The van der Waals surface area contributed by atoms with Gasteiger partial charge in [0, 0.05) is 7.05 Å². The molecule has 0 spiro atoms. The third-order valence-corrected chi connectivity index (χ3v) is 2.98. The smallest absolute Gasteiger partial charge is 0.369 e. The van der Waals surface area contributed by atoms with Crippen LogP contribution in [-0.4, -0.2) is 30.3 Å². The highest BCUT2D eigenvalue weighted by molar-refractivity contribution is 7.85. The van der Waals surface area contributed by atoms with Crippen molar-refractivity contribution in [2.24, 2.45) is 12.8 Å². The van der Waals surface area contributed by atoms with E-state index in [-0.39, 0.29) is 5.03 Å². The Labute approximate surface area is 86.7 Å². The van der Waals surface area contributed by atoms with Crippen molar-refractivity contribution in [1.82, 2.24) is 9.55 Å². The summed E-state index contributed by atoms with van der Waals surface area (Å²) in [5.74, 6) is -1.76. The second-order valence-corrected chi connectivity index (χ2v) is 4.06. The predicted octanol–water partition coefficient (Wildman–Crippen LogP) is -1.08. The molecule has 0 aliphatic carbocycles. The van der Waals surface area contributed by atoms with Gasteiger partial charge in [-0.25, -0.2) is 0 Å². The molecule has 1 aromatic rings. The number of carbonyl (C=O) groups is 1. The van der Waals surface area contributed by atoms with E-state index in [9.17, 15) is 19.1 Å². The fourth-order valence-electron chi connectivity index (χ4n) is 0.992. The number of imidazole rings is 1. The number of amides is 1. The number of nitro groups is 1. The summed E-state index contributed by atoms with van der Waals surface area (Å²) in [6.07, 6.45) is 1.16. The van der Waals surface area contributed by atoms with E-state index in [4.69, 9.17) is 5.73 Å². The quantitative estimate of drug-likeness (QED) is 0.522. The van der Waals surface area contributed by atoms with Gasteiger partial charge in [-0.2, -0.15) is 0 Å². The van der Waals surface area contributed by atoms with E-state index in [0.717, 1.165) is 6.33 Å². The van der Waals surface area contributed by atoms with E-state index < -0.39 is 33.2 Å². The van der Waals surface area contributed by atoms with Gasteiger partial charge < -0.3 is 20.4 Å². The summed E-state index contributed by atoms with van der Waals surface area (Å²) in [7, 11) is -0.389. The summed E-state index contributed by atoms with van der Waals surface area (Å²) in [5, 5.41) is 10.4. The first kappa shape index (κ1) is 11.3. The molecule has 0 saturated carbocycles. The molecule has 1 rings (SSSR count).